The van der Waals surface area contributed by atoms with Crippen LogP contribution in [0.2, 0.25) is 0 Å². The Labute approximate surface area is 187 Å². The van der Waals surface area contributed by atoms with Crippen LogP contribution >= 0.6 is 22.6 Å². The number of carbonyl (C=O) groups is 1. The Kier molecular flexibility index (Phi) is 5.67. The fourth-order valence-electron chi connectivity index (χ4n) is 3.30. The molecule has 0 aliphatic carbocycles. The summed E-state index contributed by atoms with van der Waals surface area (Å²) in [7, 11) is 0. The molecular formula is C24H19IO5. The summed E-state index contributed by atoms with van der Waals surface area (Å²) in [6, 6.07) is 17.5. The Morgan fingerprint density at radius 3 is 2.50 bits per heavy atom. The number of ether oxygens (including phenoxy) is 1. The Hall–Kier alpha value is -3.00. The van der Waals surface area contributed by atoms with Crippen LogP contribution < -0.4 is 4.74 Å². The minimum atomic E-state index is -0.221. The standard InChI is InChI=1S/C24H19IO5/c1-2-20-23(24(28)15-8-9-18(26)17(25)10-15)16-11-19(27)22(12-21(16)30-20)29-13-14-6-4-3-5-7-14/h3-12,26-27H,2,13H2,1H3. The van der Waals surface area contributed by atoms with Crippen molar-refractivity contribution in [2.75, 3.05) is 0 Å². The van der Waals surface area contributed by atoms with Crippen LogP contribution in [0.5, 0.6) is 17.2 Å². The SMILES string of the molecule is CCc1oc2cc(OCc3ccccc3)c(O)cc2c1C(=O)c1ccc(O)c(I)c1. The molecule has 4 rings (SSSR count). The molecule has 0 unspecified atom stereocenters. The van der Waals surface area contributed by atoms with Gasteiger partial charge in [0, 0.05) is 23.4 Å². The molecule has 0 saturated carbocycles. The normalized spacial score (nSPS) is 11.0. The van der Waals surface area contributed by atoms with Crippen molar-refractivity contribution < 1.29 is 24.2 Å². The summed E-state index contributed by atoms with van der Waals surface area (Å²) >= 11 is 1.98. The highest BCUT2D eigenvalue weighted by Gasteiger charge is 2.23. The van der Waals surface area contributed by atoms with E-state index in [1.807, 2.05) is 59.8 Å². The van der Waals surface area contributed by atoms with E-state index in [4.69, 9.17) is 9.15 Å². The lowest BCUT2D eigenvalue weighted by Gasteiger charge is -2.08. The molecule has 30 heavy (non-hydrogen) atoms. The second kappa shape index (κ2) is 8.39. The van der Waals surface area contributed by atoms with Crippen LogP contribution in [0, 0.1) is 3.57 Å². The first-order valence-corrected chi connectivity index (χ1v) is 10.5. The average molecular weight is 514 g/mol. The van der Waals surface area contributed by atoms with E-state index in [9.17, 15) is 15.0 Å². The van der Waals surface area contributed by atoms with Gasteiger partial charge in [0.05, 0.1) is 9.13 Å². The number of phenolic OH excluding ortho intramolecular Hbond substituents is 2. The number of hydrogen-bond acceptors (Lipinski definition) is 5. The minimum Gasteiger partial charge on any atom is -0.507 e. The van der Waals surface area contributed by atoms with Gasteiger partial charge in [0.25, 0.3) is 0 Å². The van der Waals surface area contributed by atoms with Gasteiger partial charge in [0.2, 0.25) is 0 Å². The van der Waals surface area contributed by atoms with Gasteiger partial charge in [-0.25, -0.2) is 0 Å². The second-order valence-corrected chi connectivity index (χ2v) is 8.00. The number of aromatic hydroxyl groups is 2. The molecule has 5 nitrogen and oxygen atoms in total. The van der Waals surface area contributed by atoms with Gasteiger partial charge in [-0.05, 0) is 52.4 Å². The zero-order valence-electron chi connectivity index (χ0n) is 16.2. The molecule has 0 fully saturated rings. The number of hydrogen-bond donors (Lipinski definition) is 2. The van der Waals surface area contributed by atoms with E-state index in [0.717, 1.165) is 5.56 Å². The number of aryl methyl sites for hydroxylation is 1. The summed E-state index contributed by atoms with van der Waals surface area (Å²) in [5, 5.41) is 20.8. The smallest absolute Gasteiger partial charge is 0.197 e. The van der Waals surface area contributed by atoms with Crippen LogP contribution in [0.4, 0.5) is 0 Å². The molecule has 1 aromatic heterocycles. The number of rotatable bonds is 6. The maximum Gasteiger partial charge on any atom is 0.197 e. The highest BCUT2D eigenvalue weighted by atomic mass is 127. The first-order valence-electron chi connectivity index (χ1n) is 9.46. The second-order valence-electron chi connectivity index (χ2n) is 6.84. The van der Waals surface area contributed by atoms with Crippen LogP contribution in [0.15, 0.2) is 65.1 Å². The van der Waals surface area contributed by atoms with Crippen molar-refractivity contribution in [1.29, 1.82) is 0 Å². The maximum absolute atomic E-state index is 13.2. The number of phenols is 2. The van der Waals surface area contributed by atoms with Crippen molar-refractivity contribution in [2.45, 2.75) is 20.0 Å². The van der Waals surface area contributed by atoms with Gasteiger partial charge in [-0.15, -0.1) is 0 Å². The molecule has 0 bridgehead atoms. The van der Waals surface area contributed by atoms with Gasteiger partial charge in [-0.2, -0.15) is 0 Å². The number of furan rings is 1. The highest BCUT2D eigenvalue weighted by molar-refractivity contribution is 14.1. The predicted octanol–water partition coefficient (Wildman–Crippen LogP) is 5.82. The van der Waals surface area contributed by atoms with E-state index in [0.29, 0.717) is 50.2 Å². The highest BCUT2D eigenvalue weighted by Crippen LogP contribution is 2.37. The van der Waals surface area contributed by atoms with E-state index >= 15 is 0 Å². The lowest BCUT2D eigenvalue weighted by atomic mass is 9.99. The minimum absolute atomic E-state index is 0.0591. The summed E-state index contributed by atoms with van der Waals surface area (Å²) in [6.45, 7) is 2.21. The van der Waals surface area contributed by atoms with Crippen LogP contribution in [-0.4, -0.2) is 16.0 Å². The van der Waals surface area contributed by atoms with Gasteiger partial charge in [0.1, 0.15) is 23.7 Å². The zero-order valence-corrected chi connectivity index (χ0v) is 18.3. The van der Waals surface area contributed by atoms with Crippen LogP contribution in [0.25, 0.3) is 11.0 Å². The number of benzene rings is 3. The molecule has 1 heterocycles. The summed E-state index contributed by atoms with van der Waals surface area (Å²) in [6.07, 6.45) is 0.520. The molecule has 0 atom stereocenters. The lowest BCUT2D eigenvalue weighted by Crippen LogP contribution is -2.04. The molecule has 0 radical (unpaired) electrons. The Morgan fingerprint density at radius 2 is 1.80 bits per heavy atom. The number of halogens is 1. The fourth-order valence-corrected chi connectivity index (χ4v) is 3.82. The summed E-state index contributed by atoms with van der Waals surface area (Å²) in [4.78, 5) is 13.2. The number of carbonyl (C=O) groups excluding carboxylic acids is 1. The molecule has 152 valence electrons. The van der Waals surface area contributed by atoms with E-state index in [2.05, 4.69) is 0 Å². The number of fused-ring (bicyclic) bond motifs is 1. The van der Waals surface area contributed by atoms with E-state index in [1.165, 1.54) is 12.1 Å². The largest absolute Gasteiger partial charge is 0.507 e. The van der Waals surface area contributed by atoms with Gasteiger partial charge in [-0.3, -0.25) is 4.79 Å². The first kappa shape index (κ1) is 20.3. The molecule has 6 heteroatoms. The predicted molar refractivity (Wildman–Crippen MR) is 122 cm³/mol. The topological polar surface area (TPSA) is 79.9 Å². The van der Waals surface area contributed by atoms with Crippen LogP contribution in [0.3, 0.4) is 0 Å². The molecule has 4 aromatic rings. The third-order valence-corrected chi connectivity index (χ3v) is 5.70. The first-order chi connectivity index (χ1) is 14.5. The molecule has 0 aliphatic rings. The molecule has 2 N–H and O–H groups in total. The van der Waals surface area contributed by atoms with Crippen molar-refractivity contribution in [3.8, 4) is 17.2 Å². The summed E-state index contributed by atoms with van der Waals surface area (Å²) in [5.41, 5.74) is 2.31. The monoisotopic (exact) mass is 514 g/mol. The number of ketones is 1. The Morgan fingerprint density at radius 1 is 1.03 bits per heavy atom. The molecule has 0 aliphatic heterocycles. The van der Waals surface area contributed by atoms with E-state index in [-0.39, 0.29) is 17.3 Å². The van der Waals surface area contributed by atoms with Gasteiger partial charge in [0.15, 0.2) is 17.3 Å². The summed E-state index contributed by atoms with van der Waals surface area (Å²) < 4.78 is 12.3. The van der Waals surface area contributed by atoms with Crippen molar-refractivity contribution >= 4 is 39.3 Å². The maximum atomic E-state index is 13.2. The van der Waals surface area contributed by atoms with Gasteiger partial charge >= 0.3 is 0 Å². The van der Waals surface area contributed by atoms with E-state index in [1.54, 1.807) is 18.2 Å². The third kappa shape index (κ3) is 3.87. The Bertz CT molecular complexity index is 1230. The molecule has 0 saturated heterocycles. The quantitative estimate of drug-likeness (QED) is 0.251. The van der Waals surface area contributed by atoms with E-state index < -0.39 is 0 Å². The van der Waals surface area contributed by atoms with Crippen molar-refractivity contribution in [1.82, 2.24) is 0 Å². The van der Waals surface area contributed by atoms with Gasteiger partial charge < -0.3 is 19.4 Å². The molecule has 3 aromatic carbocycles. The third-order valence-electron chi connectivity index (χ3n) is 4.84. The zero-order chi connectivity index (χ0) is 21.3. The molecule has 0 spiro atoms. The van der Waals surface area contributed by atoms with Gasteiger partial charge in [-0.1, -0.05) is 37.3 Å². The van der Waals surface area contributed by atoms with Crippen molar-refractivity contribution in [3.63, 3.8) is 0 Å². The molecule has 0 amide bonds. The lowest BCUT2D eigenvalue weighted by molar-refractivity contribution is 0.103. The molecular weight excluding hydrogens is 495 g/mol. The fraction of sp³-hybridized carbons (Fsp3) is 0.125. The van der Waals surface area contributed by atoms with Crippen molar-refractivity contribution in [3.05, 3.63) is 86.7 Å². The van der Waals surface area contributed by atoms with Crippen LogP contribution in [-0.2, 0) is 13.0 Å². The Balaban J connectivity index is 1.72. The van der Waals surface area contributed by atoms with Crippen LogP contribution in [0.1, 0.15) is 34.2 Å². The summed E-state index contributed by atoms with van der Waals surface area (Å²) in [5.74, 6) is 0.675. The van der Waals surface area contributed by atoms with Crippen molar-refractivity contribution in [2.24, 2.45) is 0 Å². The average Bonchev–Trinajstić information content (AvgIpc) is 3.11.